The van der Waals surface area contributed by atoms with E-state index >= 15 is 0 Å². The van der Waals surface area contributed by atoms with Crippen LogP contribution in [0.25, 0.3) is 0 Å². The number of hydrogen-bond donors (Lipinski definition) is 3. The van der Waals surface area contributed by atoms with Gasteiger partial charge in [0.25, 0.3) is 11.8 Å². The standard InChI is InChI=1S/C21H23N5O8S2/c1-5-10-7-35-18-14(17(30)26(18)15(10)19(31)32)24-16(29)13(11-8-36-20(23-11)22-9-27)25-33-6-12(28)34-21(2,3)4/h5,8-9,14,18H,1,6-7H2,2-4H3,(H,24,29)(H,31,32)(H,22,23,27)/t14?,18-/m1/s1. The zero-order valence-electron chi connectivity index (χ0n) is 19.5. The summed E-state index contributed by atoms with van der Waals surface area (Å²) in [5.41, 5.74) is -0.870. The molecule has 3 amide bonds. The highest BCUT2D eigenvalue weighted by Gasteiger charge is 2.54. The van der Waals surface area contributed by atoms with Crippen LogP contribution in [-0.2, 0) is 33.5 Å². The summed E-state index contributed by atoms with van der Waals surface area (Å²) in [5, 5.41) is 19.1. The maximum absolute atomic E-state index is 13.1. The van der Waals surface area contributed by atoms with Gasteiger partial charge in [0.15, 0.2) is 10.8 Å². The van der Waals surface area contributed by atoms with Gasteiger partial charge in [-0.05, 0) is 26.3 Å². The molecular weight excluding hydrogens is 514 g/mol. The van der Waals surface area contributed by atoms with Crippen LogP contribution in [-0.4, -0.2) is 80.2 Å². The number of nitrogens with zero attached hydrogens (tertiary/aromatic N) is 3. The molecule has 0 radical (unpaired) electrons. The molecule has 0 bridgehead atoms. The Balaban J connectivity index is 1.78. The summed E-state index contributed by atoms with van der Waals surface area (Å²) in [4.78, 5) is 70.4. The van der Waals surface area contributed by atoms with Crippen LogP contribution in [0.4, 0.5) is 5.13 Å². The van der Waals surface area contributed by atoms with Gasteiger partial charge in [0.05, 0.1) is 0 Å². The fraction of sp³-hybridized carbons (Fsp3) is 0.381. The molecule has 2 atom stereocenters. The lowest BCUT2D eigenvalue weighted by atomic mass is 10.0. The number of ether oxygens (including phenoxy) is 1. The highest BCUT2D eigenvalue weighted by Crippen LogP contribution is 2.40. The molecule has 36 heavy (non-hydrogen) atoms. The van der Waals surface area contributed by atoms with E-state index in [1.807, 2.05) is 0 Å². The Kier molecular flexibility index (Phi) is 8.14. The van der Waals surface area contributed by atoms with E-state index < -0.39 is 47.4 Å². The minimum Gasteiger partial charge on any atom is -0.477 e. The first-order valence-electron chi connectivity index (χ1n) is 10.4. The normalized spacial score (nSPS) is 19.6. The van der Waals surface area contributed by atoms with Crippen LogP contribution < -0.4 is 10.6 Å². The van der Waals surface area contributed by atoms with Crippen molar-refractivity contribution in [2.24, 2.45) is 5.16 Å². The second kappa shape index (κ2) is 10.9. The van der Waals surface area contributed by atoms with Gasteiger partial charge in [-0.3, -0.25) is 19.3 Å². The summed E-state index contributed by atoms with van der Waals surface area (Å²) in [7, 11) is 0. The van der Waals surface area contributed by atoms with Gasteiger partial charge in [0, 0.05) is 11.1 Å². The highest BCUT2D eigenvalue weighted by molar-refractivity contribution is 8.00. The van der Waals surface area contributed by atoms with E-state index in [1.54, 1.807) is 20.8 Å². The number of carbonyl (C=O) groups excluding carboxylic acids is 4. The van der Waals surface area contributed by atoms with Crippen LogP contribution in [0.3, 0.4) is 0 Å². The predicted molar refractivity (Wildman–Crippen MR) is 130 cm³/mol. The number of hydrogen-bond acceptors (Lipinski definition) is 11. The molecule has 15 heteroatoms. The van der Waals surface area contributed by atoms with Gasteiger partial charge in [0.1, 0.15) is 28.4 Å². The molecule has 192 valence electrons. The smallest absolute Gasteiger partial charge is 0.352 e. The molecule has 13 nitrogen and oxygen atoms in total. The maximum atomic E-state index is 13.1. The molecule has 3 rings (SSSR count). The quantitative estimate of drug-likeness (QED) is 0.127. The van der Waals surface area contributed by atoms with Crippen molar-refractivity contribution in [3.05, 3.63) is 35.0 Å². The lowest BCUT2D eigenvalue weighted by Crippen LogP contribution is -2.71. The monoisotopic (exact) mass is 537 g/mol. The third-order valence-corrected chi connectivity index (χ3v) is 6.71. The molecule has 0 saturated carbocycles. The van der Waals surface area contributed by atoms with Crippen LogP contribution in [0.5, 0.6) is 0 Å². The minimum absolute atomic E-state index is 0.0195. The number of oxime groups is 1. The molecule has 3 N–H and O–H groups in total. The number of aromatic nitrogens is 1. The number of nitrogens with one attached hydrogen (secondary N) is 2. The first-order chi connectivity index (χ1) is 17.0. The van der Waals surface area contributed by atoms with E-state index in [2.05, 4.69) is 27.4 Å². The molecule has 1 aromatic rings. The van der Waals surface area contributed by atoms with E-state index in [0.717, 1.165) is 16.2 Å². The molecule has 1 fully saturated rings. The Hall–Kier alpha value is -3.72. The Morgan fingerprint density at radius 3 is 2.72 bits per heavy atom. The predicted octanol–water partition coefficient (Wildman–Crippen LogP) is 0.698. The second-order valence-electron chi connectivity index (χ2n) is 8.34. The molecular formula is C21H23N5O8S2. The van der Waals surface area contributed by atoms with Crippen LogP contribution >= 0.6 is 23.1 Å². The Morgan fingerprint density at radius 1 is 1.39 bits per heavy atom. The van der Waals surface area contributed by atoms with Gasteiger partial charge in [-0.1, -0.05) is 17.8 Å². The minimum atomic E-state index is -1.27. The SMILES string of the molecule is C=CC1=C(C(=O)O)N2C(=O)C(NC(=O)C(=NOCC(=O)OC(C)(C)C)c3csc(NC=O)n3)[C@H]2SC1. The summed E-state index contributed by atoms with van der Waals surface area (Å²) in [5.74, 6) is -3.17. The van der Waals surface area contributed by atoms with Crippen molar-refractivity contribution >= 4 is 64.1 Å². The molecule has 1 saturated heterocycles. The van der Waals surface area contributed by atoms with Crippen molar-refractivity contribution < 1.29 is 38.7 Å². The van der Waals surface area contributed by atoms with Gasteiger partial charge in [0.2, 0.25) is 13.0 Å². The van der Waals surface area contributed by atoms with Crippen molar-refractivity contribution in [1.82, 2.24) is 15.2 Å². The summed E-state index contributed by atoms with van der Waals surface area (Å²) in [6.45, 7) is 8.02. The number of thiazole rings is 1. The van der Waals surface area contributed by atoms with Crippen molar-refractivity contribution in [2.75, 3.05) is 17.7 Å². The van der Waals surface area contributed by atoms with Gasteiger partial charge < -0.3 is 25.3 Å². The lowest BCUT2D eigenvalue weighted by Gasteiger charge is -2.49. The summed E-state index contributed by atoms with van der Waals surface area (Å²) < 4.78 is 5.12. The Labute approximate surface area is 213 Å². The highest BCUT2D eigenvalue weighted by atomic mass is 32.2. The lowest BCUT2D eigenvalue weighted by molar-refractivity contribution is -0.160. The van der Waals surface area contributed by atoms with Crippen molar-refractivity contribution in [3.8, 4) is 0 Å². The Bertz CT molecular complexity index is 1170. The van der Waals surface area contributed by atoms with Crippen LogP contribution in [0.15, 0.2) is 34.5 Å². The molecule has 2 aliphatic rings. The number of amides is 3. The van der Waals surface area contributed by atoms with Gasteiger partial charge in [-0.25, -0.2) is 14.6 Å². The number of carbonyl (C=O) groups is 5. The largest absolute Gasteiger partial charge is 0.477 e. The van der Waals surface area contributed by atoms with Crippen LogP contribution in [0.2, 0.25) is 0 Å². The topological polar surface area (TPSA) is 177 Å². The number of anilines is 1. The average Bonchev–Trinajstić information content (AvgIpc) is 3.26. The fourth-order valence-electron chi connectivity index (χ4n) is 3.23. The Morgan fingerprint density at radius 2 is 2.11 bits per heavy atom. The fourth-order valence-corrected chi connectivity index (χ4v) is 5.23. The van der Waals surface area contributed by atoms with Gasteiger partial charge in [-0.15, -0.1) is 23.1 Å². The average molecular weight is 538 g/mol. The number of carboxylic acid groups (broad SMARTS) is 1. The van der Waals surface area contributed by atoms with Gasteiger partial charge >= 0.3 is 11.9 Å². The zero-order valence-corrected chi connectivity index (χ0v) is 21.1. The number of fused-ring (bicyclic) bond motifs is 1. The summed E-state index contributed by atoms with van der Waals surface area (Å²) >= 11 is 2.28. The van der Waals surface area contributed by atoms with Crippen LogP contribution in [0.1, 0.15) is 26.5 Å². The third-order valence-electron chi connectivity index (χ3n) is 4.64. The molecule has 0 spiro atoms. The number of thioether (sulfide) groups is 1. The molecule has 2 aliphatic heterocycles. The van der Waals surface area contributed by atoms with E-state index in [-0.39, 0.29) is 22.2 Å². The van der Waals surface area contributed by atoms with Crippen molar-refractivity contribution in [2.45, 2.75) is 37.8 Å². The van der Waals surface area contributed by atoms with Crippen LogP contribution in [0, 0.1) is 0 Å². The number of aliphatic carboxylic acids is 1. The van der Waals surface area contributed by atoms with Crippen molar-refractivity contribution in [3.63, 3.8) is 0 Å². The van der Waals surface area contributed by atoms with E-state index in [1.165, 1.54) is 23.2 Å². The molecule has 1 unspecified atom stereocenters. The van der Waals surface area contributed by atoms with E-state index in [4.69, 9.17) is 9.57 Å². The molecule has 3 heterocycles. The first-order valence-corrected chi connectivity index (χ1v) is 12.3. The maximum Gasteiger partial charge on any atom is 0.352 e. The number of rotatable bonds is 10. The number of esters is 1. The second-order valence-corrected chi connectivity index (χ2v) is 10.3. The third kappa shape index (κ3) is 5.91. The number of carboxylic acids is 1. The van der Waals surface area contributed by atoms with E-state index in [9.17, 15) is 29.1 Å². The van der Waals surface area contributed by atoms with Crippen molar-refractivity contribution in [1.29, 1.82) is 0 Å². The summed E-state index contributed by atoms with van der Waals surface area (Å²) in [6, 6.07) is -1.04. The molecule has 0 aliphatic carbocycles. The number of allylic oxidation sites excluding steroid dienone is 1. The molecule has 1 aromatic heterocycles. The van der Waals surface area contributed by atoms with E-state index in [0.29, 0.717) is 17.7 Å². The summed E-state index contributed by atoms with van der Waals surface area (Å²) in [6.07, 6.45) is 1.79. The number of β-lactam (4-membered cyclic amide) rings is 1. The zero-order chi connectivity index (χ0) is 26.6. The molecule has 0 aromatic carbocycles. The first kappa shape index (κ1) is 26.9. The van der Waals surface area contributed by atoms with Gasteiger partial charge in [-0.2, -0.15) is 0 Å².